The second-order valence-electron chi connectivity index (χ2n) is 8.95. The van der Waals surface area contributed by atoms with Gasteiger partial charge in [0.1, 0.15) is 5.69 Å². The van der Waals surface area contributed by atoms with E-state index in [4.69, 9.17) is 4.74 Å². The van der Waals surface area contributed by atoms with Crippen LogP contribution in [-0.4, -0.2) is 46.5 Å². The molecule has 1 aliphatic heterocycles. The molecule has 0 spiro atoms. The number of morpholine rings is 1. The highest BCUT2D eigenvalue weighted by Gasteiger charge is 2.32. The Morgan fingerprint density at radius 2 is 1.58 bits per heavy atom. The van der Waals surface area contributed by atoms with Crippen LogP contribution in [0.2, 0.25) is 0 Å². The third kappa shape index (κ3) is 5.12. The normalized spacial score (nSPS) is 18.4. The third-order valence-corrected chi connectivity index (χ3v) is 6.51. The predicted octanol–water partition coefficient (Wildman–Crippen LogP) is 5.40. The van der Waals surface area contributed by atoms with Crippen molar-refractivity contribution in [2.75, 3.05) is 13.1 Å². The first-order valence-electron chi connectivity index (χ1n) is 11.2. The monoisotopic (exact) mass is 508 g/mol. The molecule has 33 heavy (non-hydrogen) atoms. The van der Waals surface area contributed by atoms with Gasteiger partial charge < -0.3 is 14.2 Å². The fraction of sp³-hybridized carbons (Fsp3) is 0.333. The van der Waals surface area contributed by atoms with Crippen LogP contribution in [0.25, 0.3) is 0 Å². The van der Waals surface area contributed by atoms with E-state index < -0.39 is 0 Å². The zero-order valence-electron chi connectivity index (χ0n) is 19.5. The van der Waals surface area contributed by atoms with Crippen LogP contribution in [0.5, 0.6) is 0 Å². The van der Waals surface area contributed by atoms with Crippen LogP contribution in [0.15, 0.2) is 59.2 Å². The van der Waals surface area contributed by atoms with E-state index >= 15 is 0 Å². The summed E-state index contributed by atoms with van der Waals surface area (Å²) in [4.78, 5) is 29.3. The number of halogens is 1. The molecule has 1 saturated heterocycles. The number of hydrogen-bond donors (Lipinski definition) is 0. The first-order chi connectivity index (χ1) is 15.7. The molecular weight excluding hydrogens is 480 g/mol. The number of benzene rings is 2. The summed E-state index contributed by atoms with van der Waals surface area (Å²) >= 11 is 3.47. The van der Waals surface area contributed by atoms with Crippen molar-refractivity contribution >= 4 is 27.6 Å². The molecule has 172 valence electrons. The fourth-order valence-corrected chi connectivity index (χ4v) is 4.73. The quantitative estimate of drug-likeness (QED) is 0.433. The summed E-state index contributed by atoms with van der Waals surface area (Å²) in [6.45, 7) is 9.35. The van der Waals surface area contributed by atoms with E-state index in [9.17, 15) is 9.59 Å². The van der Waals surface area contributed by atoms with Crippen molar-refractivity contribution in [1.29, 1.82) is 0 Å². The van der Waals surface area contributed by atoms with Crippen molar-refractivity contribution < 1.29 is 14.3 Å². The molecule has 1 aliphatic rings. The van der Waals surface area contributed by atoms with Gasteiger partial charge in [-0.05, 0) is 51.0 Å². The lowest BCUT2D eigenvalue weighted by atomic mass is 9.98. The lowest BCUT2D eigenvalue weighted by Crippen LogP contribution is -2.48. The summed E-state index contributed by atoms with van der Waals surface area (Å²) in [6, 6.07) is 15.5. The average Bonchev–Trinajstić information content (AvgIpc) is 3.09. The molecule has 1 fully saturated rings. The van der Waals surface area contributed by atoms with Crippen LogP contribution in [0.1, 0.15) is 56.9 Å². The maximum absolute atomic E-state index is 13.9. The number of hydrogen-bond acceptors (Lipinski definition) is 3. The van der Waals surface area contributed by atoms with E-state index in [-0.39, 0.29) is 23.9 Å². The molecule has 0 radical (unpaired) electrons. The van der Waals surface area contributed by atoms with Gasteiger partial charge in [-0.15, -0.1) is 0 Å². The summed E-state index contributed by atoms with van der Waals surface area (Å²) in [5.74, 6) is -0.252. The highest BCUT2D eigenvalue weighted by molar-refractivity contribution is 9.10. The van der Waals surface area contributed by atoms with Gasteiger partial charge in [0.25, 0.3) is 5.91 Å². The Balaban J connectivity index is 1.79. The van der Waals surface area contributed by atoms with E-state index in [2.05, 4.69) is 15.9 Å². The van der Waals surface area contributed by atoms with Crippen LogP contribution >= 0.6 is 15.9 Å². The minimum absolute atomic E-state index is 0.0510. The molecule has 2 unspecified atom stereocenters. The van der Waals surface area contributed by atoms with Crippen LogP contribution in [0.3, 0.4) is 0 Å². The molecule has 0 aliphatic carbocycles. The number of aromatic nitrogens is 1. The standard InChI is InChI=1S/C27H29BrN2O3/c1-17-5-9-22(10-6-17)26(31)24-18(2)13-29(16-21-7-11-23(28)12-8-21)25(24)27(32)30-14-19(3)33-20(4)15-30/h5-13,19-20H,14-16H2,1-4H3. The smallest absolute Gasteiger partial charge is 0.271 e. The Labute approximate surface area is 203 Å². The fourth-order valence-electron chi connectivity index (χ4n) is 4.46. The zero-order chi connectivity index (χ0) is 23.7. The molecule has 6 heteroatoms. The van der Waals surface area contributed by atoms with Crippen LogP contribution in [-0.2, 0) is 11.3 Å². The number of rotatable bonds is 5. The predicted molar refractivity (Wildman–Crippen MR) is 133 cm³/mol. The summed E-state index contributed by atoms with van der Waals surface area (Å²) in [6.07, 6.45) is 1.82. The highest BCUT2D eigenvalue weighted by atomic mass is 79.9. The number of ether oxygens (including phenoxy) is 1. The van der Waals surface area contributed by atoms with Crippen molar-refractivity contribution in [3.05, 3.63) is 92.7 Å². The molecule has 2 heterocycles. The molecule has 1 aromatic heterocycles. The SMILES string of the molecule is Cc1ccc(C(=O)c2c(C)cn(Cc3ccc(Br)cc3)c2C(=O)N2CC(C)OC(C)C2)cc1. The van der Waals surface area contributed by atoms with Gasteiger partial charge in [0, 0.05) is 35.9 Å². The Hall–Kier alpha value is -2.70. The number of ketones is 1. The topological polar surface area (TPSA) is 51.5 Å². The van der Waals surface area contributed by atoms with Crippen molar-refractivity contribution in [3.63, 3.8) is 0 Å². The van der Waals surface area contributed by atoms with Crippen LogP contribution in [0.4, 0.5) is 0 Å². The number of carbonyl (C=O) groups excluding carboxylic acids is 2. The molecular formula is C27H29BrN2O3. The molecule has 2 aromatic carbocycles. The van der Waals surface area contributed by atoms with Crippen molar-refractivity contribution in [1.82, 2.24) is 9.47 Å². The number of amides is 1. The molecule has 0 bridgehead atoms. The van der Waals surface area contributed by atoms with Gasteiger partial charge in [-0.3, -0.25) is 9.59 Å². The largest absolute Gasteiger partial charge is 0.372 e. The second-order valence-corrected chi connectivity index (χ2v) is 9.87. The van der Waals surface area contributed by atoms with E-state index in [0.717, 1.165) is 21.2 Å². The number of aryl methyl sites for hydroxylation is 2. The maximum Gasteiger partial charge on any atom is 0.271 e. The van der Waals surface area contributed by atoms with Crippen molar-refractivity contribution in [2.24, 2.45) is 0 Å². The van der Waals surface area contributed by atoms with Crippen LogP contribution < -0.4 is 0 Å². The lowest BCUT2D eigenvalue weighted by Gasteiger charge is -2.35. The highest BCUT2D eigenvalue weighted by Crippen LogP contribution is 2.26. The molecule has 0 saturated carbocycles. The van der Waals surface area contributed by atoms with Crippen LogP contribution in [0, 0.1) is 13.8 Å². The molecule has 3 aromatic rings. The molecule has 2 atom stereocenters. The summed E-state index contributed by atoms with van der Waals surface area (Å²) in [5.41, 5.74) is 4.46. The lowest BCUT2D eigenvalue weighted by molar-refractivity contribution is -0.0588. The van der Waals surface area contributed by atoms with Gasteiger partial charge in [0.15, 0.2) is 5.78 Å². The Morgan fingerprint density at radius 3 is 2.18 bits per heavy atom. The zero-order valence-corrected chi connectivity index (χ0v) is 21.1. The Bertz CT molecular complexity index is 1160. The molecule has 1 amide bonds. The van der Waals surface area contributed by atoms with E-state index in [1.165, 1.54) is 0 Å². The van der Waals surface area contributed by atoms with E-state index in [1.54, 1.807) is 0 Å². The molecule has 4 rings (SSSR count). The Morgan fingerprint density at radius 1 is 0.970 bits per heavy atom. The second kappa shape index (κ2) is 9.65. The van der Waals surface area contributed by atoms with Crippen molar-refractivity contribution in [2.45, 2.75) is 46.4 Å². The average molecular weight is 509 g/mol. The van der Waals surface area contributed by atoms with E-state index in [0.29, 0.717) is 36.5 Å². The van der Waals surface area contributed by atoms with Gasteiger partial charge in [-0.1, -0.05) is 57.9 Å². The minimum atomic E-state index is -0.127. The van der Waals surface area contributed by atoms with E-state index in [1.807, 2.05) is 91.9 Å². The number of carbonyl (C=O) groups is 2. The van der Waals surface area contributed by atoms with Gasteiger partial charge in [-0.25, -0.2) is 0 Å². The van der Waals surface area contributed by atoms with Gasteiger partial charge in [0.05, 0.1) is 17.8 Å². The maximum atomic E-state index is 13.9. The van der Waals surface area contributed by atoms with Gasteiger partial charge in [0.2, 0.25) is 0 Å². The van der Waals surface area contributed by atoms with Gasteiger partial charge >= 0.3 is 0 Å². The first-order valence-corrected chi connectivity index (χ1v) is 12.0. The number of nitrogens with zero attached hydrogens (tertiary/aromatic N) is 2. The third-order valence-electron chi connectivity index (χ3n) is 5.98. The first kappa shape index (κ1) is 23.5. The summed E-state index contributed by atoms with van der Waals surface area (Å²) in [5, 5.41) is 0. The minimum Gasteiger partial charge on any atom is -0.372 e. The summed E-state index contributed by atoms with van der Waals surface area (Å²) < 4.78 is 8.75. The summed E-state index contributed by atoms with van der Waals surface area (Å²) in [7, 11) is 0. The van der Waals surface area contributed by atoms with Crippen molar-refractivity contribution in [3.8, 4) is 0 Å². The van der Waals surface area contributed by atoms with Gasteiger partial charge in [-0.2, -0.15) is 0 Å². The Kier molecular flexibility index (Phi) is 6.86. The molecule has 5 nitrogen and oxygen atoms in total. The molecule has 0 N–H and O–H groups in total.